The van der Waals surface area contributed by atoms with Crippen molar-refractivity contribution < 1.29 is 4.79 Å². The maximum atomic E-state index is 13.1. The minimum absolute atomic E-state index is 0.102. The summed E-state index contributed by atoms with van der Waals surface area (Å²) in [5, 5.41) is 0. The van der Waals surface area contributed by atoms with E-state index in [1.807, 2.05) is 53.4 Å². The van der Waals surface area contributed by atoms with Gasteiger partial charge in [0.05, 0.1) is 12.5 Å². The van der Waals surface area contributed by atoms with Crippen LogP contribution in [0.5, 0.6) is 0 Å². The van der Waals surface area contributed by atoms with Gasteiger partial charge in [0.15, 0.2) is 0 Å². The zero-order chi connectivity index (χ0) is 17.8. The second-order valence-electron chi connectivity index (χ2n) is 6.69. The molecule has 1 amide bonds. The van der Waals surface area contributed by atoms with Crippen molar-refractivity contribution in [3.63, 3.8) is 0 Å². The highest BCUT2D eigenvalue weighted by Crippen LogP contribution is 2.38. The smallest absolute Gasteiger partial charge is 0.235 e. The van der Waals surface area contributed by atoms with Crippen LogP contribution in [0.25, 0.3) is 0 Å². The van der Waals surface area contributed by atoms with Gasteiger partial charge in [-0.2, -0.15) is 0 Å². The van der Waals surface area contributed by atoms with E-state index in [2.05, 4.69) is 36.1 Å². The molecule has 2 aliphatic rings. The molecule has 1 heterocycles. The normalized spacial score (nSPS) is 18.5. The predicted molar refractivity (Wildman–Crippen MR) is 104 cm³/mol. The second kappa shape index (κ2) is 7.45. The van der Waals surface area contributed by atoms with E-state index in [4.69, 9.17) is 0 Å². The molecular formula is C24H21NO. The molecule has 1 aliphatic carbocycles. The Bertz CT molecular complexity index is 913. The van der Waals surface area contributed by atoms with Crippen LogP contribution in [0.1, 0.15) is 30.4 Å². The van der Waals surface area contributed by atoms with Crippen molar-refractivity contribution in [1.82, 2.24) is 4.90 Å². The molecule has 0 radical (unpaired) electrons. The molecule has 1 atom stereocenters. The quantitative estimate of drug-likeness (QED) is 0.743. The Kier molecular flexibility index (Phi) is 4.71. The molecule has 26 heavy (non-hydrogen) atoms. The molecule has 4 rings (SSSR count). The molecule has 0 N–H and O–H groups in total. The van der Waals surface area contributed by atoms with Gasteiger partial charge in [0, 0.05) is 17.7 Å². The summed E-state index contributed by atoms with van der Waals surface area (Å²) in [4.78, 5) is 15.0. The molecule has 0 spiro atoms. The van der Waals surface area contributed by atoms with Gasteiger partial charge in [-0.05, 0) is 42.2 Å². The Hall–Kier alpha value is -3.05. The molecule has 2 nitrogen and oxygen atoms in total. The molecule has 0 fully saturated rings. The Labute approximate surface area is 154 Å². The average molecular weight is 339 g/mol. The summed E-state index contributed by atoms with van der Waals surface area (Å²) in [7, 11) is 0. The molecule has 0 saturated carbocycles. The summed E-state index contributed by atoms with van der Waals surface area (Å²) < 4.78 is 0. The van der Waals surface area contributed by atoms with E-state index in [9.17, 15) is 4.79 Å². The number of allylic oxidation sites excluding steroid dienone is 2. The first-order valence-corrected chi connectivity index (χ1v) is 9.12. The zero-order valence-electron chi connectivity index (χ0n) is 14.7. The number of nitrogens with zero attached hydrogens (tertiary/aromatic N) is 1. The van der Waals surface area contributed by atoms with E-state index in [1.165, 1.54) is 5.57 Å². The summed E-state index contributed by atoms with van der Waals surface area (Å²) in [6.07, 6.45) is 6.84. The van der Waals surface area contributed by atoms with Crippen molar-refractivity contribution in [2.45, 2.75) is 25.8 Å². The first kappa shape index (κ1) is 16.4. The maximum Gasteiger partial charge on any atom is 0.235 e. The lowest BCUT2D eigenvalue weighted by molar-refractivity contribution is -0.130. The molecular weight excluding hydrogens is 318 g/mol. The van der Waals surface area contributed by atoms with Gasteiger partial charge in [0.25, 0.3) is 0 Å². The van der Waals surface area contributed by atoms with E-state index < -0.39 is 0 Å². The van der Waals surface area contributed by atoms with Crippen molar-refractivity contribution >= 4 is 5.91 Å². The summed E-state index contributed by atoms with van der Waals surface area (Å²) in [6, 6.07) is 20.1. The van der Waals surface area contributed by atoms with Gasteiger partial charge in [-0.3, -0.25) is 4.79 Å². The van der Waals surface area contributed by atoms with E-state index in [0.717, 1.165) is 29.7 Å². The summed E-state index contributed by atoms with van der Waals surface area (Å²) in [5.41, 5.74) is 4.51. The van der Waals surface area contributed by atoms with Gasteiger partial charge < -0.3 is 4.90 Å². The monoisotopic (exact) mass is 339 g/mol. The van der Waals surface area contributed by atoms with Crippen LogP contribution in [-0.4, -0.2) is 10.8 Å². The predicted octanol–water partition coefficient (Wildman–Crippen LogP) is 4.69. The molecule has 1 aliphatic heterocycles. The highest BCUT2D eigenvalue weighted by molar-refractivity contribution is 5.88. The van der Waals surface area contributed by atoms with Gasteiger partial charge in [-0.15, -0.1) is 0 Å². The Morgan fingerprint density at radius 1 is 1.00 bits per heavy atom. The lowest BCUT2D eigenvalue weighted by Gasteiger charge is -2.20. The van der Waals surface area contributed by atoms with E-state index in [1.54, 1.807) is 0 Å². The van der Waals surface area contributed by atoms with Crippen LogP contribution < -0.4 is 0 Å². The van der Waals surface area contributed by atoms with Gasteiger partial charge in [-0.25, -0.2) is 0 Å². The third-order valence-electron chi connectivity index (χ3n) is 4.96. The van der Waals surface area contributed by atoms with Gasteiger partial charge in [0.1, 0.15) is 0 Å². The average Bonchev–Trinajstić information content (AvgIpc) is 2.96. The largest absolute Gasteiger partial charge is 0.307 e. The molecule has 2 aromatic carbocycles. The number of carbonyl (C=O) groups is 1. The fourth-order valence-electron chi connectivity index (χ4n) is 3.66. The van der Waals surface area contributed by atoms with Gasteiger partial charge >= 0.3 is 0 Å². The van der Waals surface area contributed by atoms with E-state index >= 15 is 0 Å². The topological polar surface area (TPSA) is 20.3 Å². The summed E-state index contributed by atoms with van der Waals surface area (Å²) >= 11 is 0. The van der Waals surface area contributed by atoms with E-state index in [-0.39, 0.29) is 11.8 Å². The van der Waals surface area contributed by atoms with Crippen molar-refractivity contribution in [2.75, 3.05) is 0 Å². The third-order valence-corrected chi connectivity index (χ3v) is 4.96. The minimum atomic E-state index is -0.102. The SMILES string of the molecule is O=C1C(CC#Cc2ccccc2)C2=C(C=CCC2)N1Cc1ccccc1. The molecule has 0 saturated heterocycles. The van der Waals surface area contributed by atoms with Crippen molar-refractivity contribution in [1.29, 1.82) is 0 Å². The number of benzene rings is 2. The molecule has 1 unspecified atom stereocenters. The zero-order valence-corrected chi connectivity index (χ0v) is 14.7. The second-order valence-corrected chi connectivity index (χ2v) is 6.69. The lowest BCUT2D eigenvalue weighted by atomic mass is 9.91. The van der Waals surface area contributed by atoms with Crippen LogP contribution in [0.4, 0.5) is 0 Å². The lowest BCUT2D eigenvalue weighted by Crippen LogP contribution is -2.28. The van der Waals surface area contributed by atoms with Crippen LogP contribution in [0.3, 0.4) is 0 Å². The van der Waals surface area contributed by atoms with Crippen molar-refractivity contribution in [2.24, 2.45) is 5.92 Å². The van der Waals surface area contributed by atoms with Crippen molar-refractivity contribution in [3.05, 3.63) is 95.2 Å². The number of amides is 1. The van der Waals surface area contributed by atoms with Crippen LogP contribution >= 0.6 is 0 Å². The highest BCUT2D eigenvalue weighted by atomic mass is 16.2. The number of hydrogen-bond acceptors (Lipinski definition) is 1. The molecule has 2 aromatic rings. The fourth-order valence-corrected chi connectivity index (χ4v) is 3.66. The van der Waals surface area contributed by atoms with Crippen LogP contribution in [0.15, 0.2) is 84.1 Å². The Balaban J connectivity index is 1.56. The number of carbonyl (C=O) groups excluding carboxylic acids is 1. The van der Waals surface area contributed by atoms with Crippen LogP contribution in [0.2, 0.25) is 0 Å². The van der Waals surface area contributed by atoms with Crippen molar-refractivity contribution in [3.8, 4) is 11.8 Å². The summed E-state index contributed by atoms with van der Waals surface area (Å²) in [5.74, 6) is 6.51. The number of hydrogen-bond donors (Lipinski definition) is 0. The Morgan fingerprint density at radius 2 is 1.73 bits per heavy atom. The molecule has 0 aromatic heterocycles. The Morgan fingerprint density at radius 3 is 2.50 bits per heavy atom. The molecule has 128 valence electrons. The maximum absolute atomic E-state index is 13.1. The van der Waals surface area contributed by atoms with Crippen LogP contribution in [0, 0.1) is 17.8 Å². The standard InChI is InChI=1S/C24H21NO/c26-24-22(16-9-14-19-10-3-1-4-11-19)21-15-7-8-17-23(21)25(24)18-20-12-5-2-6-13-20/h1-6,8,10-13,17,22H,7,15-16,18H2. The minimum Gasteiger partial charge on any atom is -0.307 e. The first-order valence-electron chi connectivity index (χ1n) is 9.12. The summed E-state index contributed by atoms with van der Waals surface area (Å²) in [6.45, 7) is 0.630. The highest BCUT2D eigenvalue weighted by Gasteiger charge is 2.38. The fraction of sp³-hybridized carbons (Fsp3) is 0.208. The van der Waals surface area contributed by atoms with E-state index in [0.29, 0.717) is 13.0 Å². The van der Waals surface area contributed by atoms with Gasteiger partial charge in [-0.1, -0.05) is 66.4 Å². The molecule has 0 bridgehead atoms. The van der Waals surface area contributed by atoms with Gasteiger partial charge in [0.2, 0.25) is 5.91 Å². The number of rotatable bonds is 3. The third kappa shape index (κ3) is 3.34. The first-order chi connectivity index (χ1) is 12.8. The molecule has 2 heteroatoms. The van der Waals surface area contributed by atoms with Crippen LogP contribution in [-0.2, 0) is 11.3 Å².